The smallest absolute Gasteiger partial charge is 0.313 e. The summed E-state index contributed by atoms with van der Waals surface area (Å²) in [6.07, 6.45) is 5.66. The molecule has 3 rings (SSSR count). The third kappa shape index (κ3) is 5.00. The third-order valence-corrected chi connectivity index (χ3v) is 5.06. The molecule has 7 nitrogen and oxygen atoms in total. The van der Waals surface area contributed by atoms with Gasteiger partial charge in [-0.3, -0.25) is 14.4 Å². The average molecular weight is 383 g/mol. The van der Waals surface area contributed by atoms with Crippen molar-refractivity contribution in [1.82, 2.24) is 10.6 Å². The van der Waals surface area contributed by atoms with Crippen LogP contribution >= 0.6 is 0 Å². The molecular weight excluding hydrogens is 358 g/mol. The number of nitrogens with one attached hydrogen (secondary N) is 3. The highest BCUT2D eigenvalue weighted by atomic mass is 16.3. The van der Waals surface area contributed by atoms with Gasteiger partial charge in [0.25, 0.3) is 5.91 Å². The lowest BCUT2D eigenvalue weighted by molar-refractivity contribution is -0.137. The van der Waals surface area contributed by atoms with Gasteiger partial charge in [-0.25, -0.2) is 0 Å². The largest absolute Gasteiger partial charge is 0.467 e. The predicted octanol–water partition coefficient (Wildman–Crippen LogP) is 2.84. The fourth-order valence-electron chi connectivity index (χ4n) is 3.41. The third-order valence-electron chi connectivity index (χ3n) is 5.06. The van der Waals surface area contributed by atoms with E-state index in [4.69, 9.17) is 4.42 Å². The zero-order valence-electron chi connectivity index (χ0n) is 15.9. The summed E-state index contributed by atoms with van der Waals surface area (Å²) in [4.78, 5) is 37.1. The molecule has 0 unspecified atom stereocenters. The minimum Gasteiger partial charge on any atom is -0.467 e. The lowest BCUT2D eigenvalue weighted by Gasteiger charge is -2.29. The summed E-state index contributed by atoms with van der Waals surface area (Å²) in [6.45, 7) is 2.31. The lowest BCUT2D eigenvalue weighted by atomic mass is 9.86. The van der Waals surface area contributed by atoms with Crippen LogP contribution in [0.5, 0.6) is 0 Å². The molecule has 0 saturated heterocycles. The monoisotopic (exact) mass is 383 g/mol. The maximum absolute atomic E-state index is 12.5. The Bertz CT molecular complexity index is 832. The van der Waals surface area contributed by atoms with Crippen LogP contribution in [0.15, 0.2) is 47.1 Å². The van der Waals surface area contributed by atoms with Crippen LogP contribution in [0.2, 0.25) is 0 Å². The number of carbonyl (C=O) groups is 3. The van der Waals surface area contributed by atoms with Crippen LogP contribution in [0, 0.1) is 5.92 Å². The standard InChI is InChI=1S/C21H25N3O4/c1-14-7-2-4-10-17(14)23-20(26)21(27)24-18-11-5-3-9-16(18)19(25)22-13-15-8-6-12-28-15/h3,5-6,8-9,11-12,14,17H,2,4,7,10,13H2,1H3,(H,22,25)(H,23,26)(H,24,27)/t14-,17-/m1/s1. The van der Waals surface area contributed by atoms with Crippen molar-refractivity contribution in [2.24, 2.45) is 5.92 Å². The number of furan rings is 1. The normalized spacial score (nSPS) is 18.9. The Labute approximate surface area is 163 Å². The van der Waals surface area contributed by atoms with E-state index in [2.05, 4.69) is 22.9 Å². The number of para-hydroxylation sites is 1. The van der Waals surface area contributed by atoms with E-state index in [-0.39, 0.29) is 29.7 Å². The molecule has 2 atom stereocenters. The molecule has 0 spiro atoms. The van der Waals surface area contributed by atoms with Crippen LogP contribution in [0.3, 0.4) is 0 Å². The molecular formula is C21H25N3O4. The molecule has 28 heavy (non-hydrogen) atoms. The molecule has 148 valence electrons. The quantitative estimate of drug-likeness (QED) is 0.691. The van der Waals surface area contributed by atoms with Crippen molar-refractivity contribution in [1.29, 1.82) is 0 Å². The topological polar surface area (TPSA) is 100 Å². The first-order chi connectivity index (χ1) is 13.5. The maximum Gasteiger partial charge on any atom is 0.313 e. The second-order valence-corrected chi connectivity index (χ2v) is 7.10. The first kappa shape index (κ1) is 19.7. The molecule has 2 aromatic rings. The summed E-state index contributed by atoms with van der Waals surface area (Å²) in [5.74, 6) is -0.844. The van der Waals surface area contributed by atoms with Crippen molar-refractivity contribution in [2.45, 2.75) is 45.2 Å². The molecule has 1 fully saturated rings. The number of rotatable bonds is 5. The van der Waals surface area contributed by atoms with Gasteiger partial charge in [-0.2, -0.15) is 0 Å². The Balaban J connectivity index is 1.61. The van der Waals surface area contributed by atoms with Gasteiger partial charge in [0.05, 0.1) is 24.1 Å². The van der Waals surface area contributed by atoms with E-state index in [1.54, 1.807) is 36.4 Å². The number of hydrogen-bond donors (Lipinski definition) is 3. The SMILES string of the molecule is C[C@@H]1CCCC[C@H]1NC(=O)C(=O)Nc1ccccc1C(=O)NCc1ccco1. The molecule has 7 heteroatoms. The molecule has 1 aromatic carbocycles. The van der Waals surface area contributed by atoms with E-state index >= 15 is 0 Å². The molecule has 0 aliphatic heterocycles. The highest BCUT2D eigenvalue weighted by Gasteiger charge is 2.26. The highest BCUT2D eigenvalue weighted by molar-refractivity contribution is 6.40. The molecule has 3 amide bonds. The molecule has 1 aliphatic rings. The molecule has 3 N–H and O–H groups in total. The summed E-state index contributed by atoms with van der Waals surface area (Å²) in [6, 6.07) is 10.1. The number of amides is 3. The van der Waals surface area contributed by atoms with Crippen molar-refractivity contribution in [2.75, 3.05) is 5.32 Å². The Morgan fingerprint density at radius 2 is 1.82 bits per heavy atom. The van der Waals surface area contributed by atoms with Crippen LogP contribution in [0.25, 0.3) is 0 Å². The van der Waals surface area contributed by atoms with Gasteiger partial charge in [-0.05, 0) is 43.0 Å². The second-order valence-electron chi connectivity index (χ2n) is 7.10. The van der Waals surface area contributed by atoms with E-state index < -0.39 is 11.8 Å². The number of benzene rings is 1. The Morgan fingerprint density at radius 1 is 1.04 bits per heavy atom. The van der Waals surface area contributed by atoms with E-state index in [9.17, 15) is 14.4 Å². The van der Waals surface area contributed by atoms with Crippen molar-refractivity contribution in [3.05, 3.63) is 54.0 Å². The van der Waals surface area contributed by atoms with Gasteiger partial charge >= 0.3 is 11.8 Å². The lowest BCUT2D eigenvalue weighted by Crippen LogP contribution is -2.46. The summed E-state index contributed by atoms with van der Waals surface area (Å²) in [5, 5.41) is 8.10. The van der Waals surface area contributed by atoms with Gasteiger partial charge in [-0.15, -0.1) is 0 Å². The molecule has 0 bridgehead atoms. The van der Waals surface area contributed by atoms with E-state index in [0.29, 0.717) is 11.7 Å². The van der Waals surface area contributed by atoms with Gasteiger partial charge in [0.1, 0.15) is 5.76 Å². The first-order valence-corrected chi connectivity index (χ1v) is 9.56. The summed E-state index contributed by atoms with van der Waals surface area (Å²) < 4.78 is 5.19. The average Bonchev–Trinajstić information content (AvgIpc) is 3.22. The van der Waals surface area contributed by atoms with Crippen molar-refractivity contribution in [3.63, 3.8) is 0 Å². The summed E-state index contributed by atoms with van der Waals surface area (Å²) >= 11 is 0. The Kier molecular flexibility index (Phi) is 6.47. The van der Waals surface area contributed by atoms with Crippen LogP contribution in [-0.2, 0) is 16.1 Å². The molecule has 0 radical (unpaired) electrons. The fraction of sp³-hybridized carbons (Fsp3) is 0.381. The molecule has 1 heterocycles. The highest BCUT2D eigenvalue weighted by Crippen LogP contribution is 2.23. The van der Waals surface area contributed by atoms with Crippen LogP contribution in [-0.4, -0.2) is 23.8 Å². The molecule has 1 aliphatic carbocycles. The van der Waals surface area contributed by atoms with E-state index in [0.717, 1.165) is 25.7 Å². The van der Waals surface area contributed by atoms with Gasteiger partial charge in [0.2, 0.25) is 0 Å². The van der Waals surface area contributed by atoms with Crippen LogP contribution in [0.4, 0.5) is 5.69 Å². The maximum atomic E-state index is 12.5. The number of hydrogen-bond acceptors (Lipinski definition) is 4. The van der Waals surface area contributed by atoms with Crippen molar-refractivity contribution in [3.8, 4) is 0 Å². The Morgan fingerprint density at radius 3 is 2.57 bits per heavy atom. The van der Waals surface area contributed by atoms with Gasteiger partial charge in [-0.1, -0.05) is 31.9 Å². The molecule has 1 saturated carbocycles. The minimum atomic E-state index is -0.774. The fourth-order valence-corrected chi connectivity index (χ4v) is 3.41. The van der Waals surface area contributed by atoms with E-state index in [1.807, 2.05) is 0 Å². The van der Waals surface area contributed by atoms with Gasteiger partial charge in [0, 0.05) is 6.04 Å². The number of anilines is 1. The summed E-state index contributed by atoms with van der Waals surface area (Å²) in [5.41, 5.74) is 0.567. The van der Waals surface area contributed by atoms with E-state index in [1.165, 1.54) is 6.26 Å². The van der Waals surface area contributed by atoms with Gasteiger partial charge in [0.15, 0.2) is 0 Å². The van der Waals surface area contributed by atoms with Crippen LogP contribution < -0.4 is 16.0 Å². The van der Waals surface area contributed by atoms with Crippen molar-refractivity contribution >= 4 is 23.4 Å². The van der Waals surface area contributed by atoms with Gasteiger partial charge < -0.3 is 20.4 Å². The van der Waals surface area contributed by atoms with Crippen molar-refractivity contribution < 1.29 is 18.8 Å². The van der Waals surface area contributed by atoms with Crippen LogP contribution in [0.1, 0.15) is 48.7 Å². The second kappa shape index (κ2) is 9.21. The molecule has 1 aromatic heterocycles. The first-order valence-electron chi connectivity index (χ1n) is 9.56. The summed E-state index contributed by atoms with van der Waals surface area (Å²) in [7, 11) is 0. The minimum absolute atomic E-state index is 0.0128. The Hall–Kier alpha value is -3.09. The zero-order chi connectivity index (χ0) is 19.9. The zero-order valence-corrected chi connectivity index (χ0v) is 15.9. The predicted molar refractivity (Wildman–Crippen MR) is 105 cm³/mol. The number of carbonyl (C=O) groups excluding carboxylic acids is 3.